The minimum atomic E-state index is -0.554. The standard InChI is InChI=1S/C15H21N3O4/c1-15(2,3)22-14(19)17-9-5-4-6-13(17)12-8-7-11(10-16-12)18(20)21/h7-8,10,13H,4-6,9H2,1-3H3. The topological polar surface area (TPSA) is 85.6 Å². The van der Waals surface area contributed by atoms with Crippen LogP contribution in [-0.4, -0.2) is 33.0 Å². The number of nitro groups is 1. The fourth-order valence-electron chi connectivity index (χ4n) is 2.48. The molecular weight excluding hydrogens is 286 g/mol. The Hall–Kier alpha value is -2.18. The molecule has 7 heteroatoms. The number of pyridine rings is 1. The number of nitrogens with zero attached hydrogens (tertiary/aromatic N) is 3. The van der Waals surface area contributed by atoms with Crippen LogP contribution in [0.3, 0.4) is 0 Å². The molecule has 1 fully saturated rings. The third-order valence-electron chi connectivity index (χ3n) is 3.45. The van der Waals surface area contributed by atoms with Crippen LogP contribution in [0.5, 0.6) is 0 Å². The van der Waals surface area contributed by atoms with Crippen molar-refractivity contribution < 1.29 is 14.5 Å². The fourth-order valence-corrected chi connectivity index (χ4v) is 2.48. The summed E-state index contributed by atoms with van der Waals surface area (Å²) >= 11 is 0. The molecule has 0 aromatic carbocycles. The van der Waals surface area contributed by atoms with Gasteiger partial charge in [0.25, 0.3) is 5.69 Å². The molecule has 1 aromatic rings. The third kappa shape index (κ3) is 3.93. The molecule has 1 atom stereocenters. The summed E-state index contributed by atoms with van der Waals surface area (Å²) in [5, 5.41) is 10.7. The molecular formula is C15H21N3O4. The lowest BCUT2D eigenvalue weighted by molar-refractivity contribution is -0.385. The van der Waals surface area contributed by atoms with E-state index in [-0.39, 0.29) is 17.8 Å². The highest BCUT2D eigenvalue weighted by molar-refractivity contribution is 5.69. The van der Waals surface area contributed by atoms with Crippen molar-refractivity contribution in [2.45, 2.75) is 51.7 Å². The molecule has 0 radical (unpaired) electrons. The molecule has 1 unspecified atom stereocenters. The van der Waals surface area contributed by atoms with Crippen molar-refractivity contribution in [3.63, 3.8) is 0 Å². The number of piperidine rings is 1. The lowest BCUT2D eigenvalue weighted by Gasteiger charge is -2.36. The van der Waals surface area contributed by atoms with E-state index in [2.05, 4.69) is 4.98 Å². The monoisotopic (exact) mass is 307 g/mol. The van der Waals surface area contributed by atoms with Gasteiger partial charge in [0.05, 0.1) is 16.7 Å². The number of ether oxygens (including phenoxy) is 1. The van der Waals surface area contributed by atoms with Gasteiger partial charge in [-0.15, -0.1) is 0 Å². The summed E-state index contributed by atoms with van der Waals surface area (Å²) in [6.45, 7) is 6.09. The average molecular weight is 307 g/mol. The number of carbonyl (C=O) groups is 1. The SMILES string of the molecule is CC(C)(C)OC(=O)N1CCCCC1c1ccc([N+](=O)[O-])cn1. The van der Waals surface area contributed by atoms with Crippen LogP contribution in [0.15, 0.2) is 18.3 Å². The highest BCUT2D eigenvalue weighted by atomic mass is 16.6. The first kappa shape index (κ1) is 16.2. The summed E-state index contributed by atoms with van der Waals surface area (Å²) in [7, 11) is 0. The molecule has 2 rings (SSSR count). The molecule has 0 aliphatic carbocycles. The highest BCUT2D eigenvalue weighted by Gasteiger charge is 2.32. The van der Waals surface area contributed by atoms with Crippen molar-refractivity contribution in [1.82, 2.24) is 9.88 Å². The molecule has 1 amide bonds. The van der Waals surface area contributed by atoms with Crippen LogP contribution in [0, 0.1) is 10.1 Å². The lowest BCUT2D eigenvalue weighted by Crippen LogP contribution is -2.42. The number of likely N-dealkylation sites (tertiary alicyclic amines) is 1. The van der Waals surface area contributed by atoms with E-state index >= 15 is 0 Å². The van der Waals surface area contributed by atoms with Gasteiger partial charge in [-0.1, -0.05) is 0 Å². The zero-order chi connectivity index (χ0) is 16.3. The van der Waals surface area contributed by atoms with Gasteiger partial charge in [-0.3, -0.25) is 20.0 Å². The second-order valence-electron chi connectivity index (χ2n) is 6.38. The van der Waals surface area contributed by atoms with Crippen molar-refractivity contribution in [2.24, 2.45) is 0 Å². The quantitative estimate of drug-likeness (QED) is 0.617. The largest absolute Gasteiger partial charge is 0.444 e. The second-order valence-corrected chi connectivity index (χ2v) is 6.38. The molecule has 0 N–H and O–H groups in total. The third-order valence-corrected chi connectivity index (χ3v) is 3.45. The van der Waals surface area contributed by atoms with Crippen LogP contribution in [0.25, 0.3) is 0 Å². The van der Waals surface area contributed by atoms with E-state index in [0.29, 0.717) is 12.2 Å². The van der Waals surface area contributed by atoms with E-state index in [4.69, 9.17) is 4.74 Å². The minimum absolute atomic E-state index is 0.0524. The number of hydrogen-bond acceptors (Lipinski definition) is 5. The first-order valence-corrected chi connectivity index (χ1v) is 7.38. The summed E-state index contributed by atoms with van der Waals surface area (Å²) in [5.74, 6) is 0. The first-order chi connectivity index (χ1) is 10.3. The van der Waals surface area contributed by atoms with E-state index in [0.717, 1.165) is 19.3 Å². The van der Waals surface area contributed by atoms with Gasteiger partial charge in [0, 0.05) is 12.6 Å². The molecule has 0 saturated carbocycles. The van der Waals surface area contributed by atoms with Crippen LogP contribution in [0.4, 0.5) is 10.5 Å². The summed E-state index contributed by atoms with van der Waals surface area (Å²) in [6.07, 6.45) is 3.56. The zero-order valence-corrected chi connectivity index (χ0v) is 13.1. The Morgan fingerprint density at radius 3 is 2.68 bits per heavy atom. The van der Waals surface area contributed by atoms with Crippen LogP contribution >= 0.6 is 0 Å². The van der Waals surface area contributed by atoms with Crippen LogP contribution < -0.4 is 0 Å². The molecule has 120 valence electrons. The minimum Gasteiger partial charge on any atom is -0.444 e. The molecule has 0 spiro atoms. The Labute approximate surface area is 129 Å². The molecule has 1 aliphatic rings. The van der Waals surface area contributed by atoms with Crippen molar-refractivity contribution in [3.05, 3.63) is 34.1 Å². The first-order valence-electron chi connectivity index (χ1n) is 7.38. The molecule has 1 aromatic heterocycles. The fraction of sp³-hybridized carbons (Fsp3) is 0.600. The van der Waals surface area contributed by atoms with Crippen LogP contribution in [0.2, 0.25) is 0 Å². The zero-order valence-electron chi connectivity index (χ0n) is 13.1. The maximum Gasteiger partial charge on any atom is 0.410 e. The van der Waals surface area contributed by atoms with Gasteiger partial charge in [0.1, 0.15) is 11.8 Å². The number of carbonyl (C=O) groups excluding carboxylic acids is 1. The smallest absolute Gasteiger partial charge is 0.410 e. The Kier molecular flexibility index (Phi) is 4.63. The van der Waals surface area contributed by atoms with E-state index in [1.54, 1.807) is 11.0 Å². The molecule has 1 saturated heterocycles. The van der Waals surface area contributed by atoms with Gasteiger partial charge in [0.2, 0.25) is 0 Å². The van der Waals surface area contributed by atoms with Crippen LogP contribution in [-0.2, 0) is 4.74 Å². The van der Waals surface area contributed by atoms with Gasteiger partial charge >= 0.3 is 6.09 Å². The number of hydrogen-bond donors (Lipinski definition) is 0. The maximum absolute atomic E-state index is 12.3. The van der Waals surface area contributed by atoms with E-state index in [1.165, 1.54) is 12.3 Å². The summed E-state index contributed by atoms with van der Waals surface area (Å²) < 4.78 is 5.44. The van der Waals surface area contributed by atoms with Crippen LogP contribution in [0.1, 0.15) is 51.8 Å². The number of amides is 1. The lowest BCUT2D eigenvalue weighted by atomic mass is 9.99. The maximum atomic E-state index is 12.3. The molecule has 22 heavy (non-hydrogen) atoms. The molecule has 1 aliphatic heterocycles. The van der Waals surface area contributed by atoms with E-state index in [9.17, 15) is 14.9 Å². The highest BCUT2D eigenvalue weighted by Crippen LogP contribution is 2.31. The normalized spacial score (nSPS) is 18.9. The summed E-state index contributed by atoms with van der Waals surface area (Å²) in [6, 6.07) is 2.85. The van der Waals surface area contributed by atoms with Crippen molar-refractivity contribution in [1.29, 1.82) is 0 Å². The van der Waals surface area contributed by atoms with Gasteiger partial charge in [-0.05, 0) is 46.1 Å². The van der Waals surface area contributed by atoms with Gasteiger partial charge in [-0.2, -0.15) is 0 Å². The Morgan fingerprint density at radius 1 is 1.41 bits per heavy atom. The Balaban J connectivity index is 2.19. The van der Waals surface area contributed by atoms with Crippen molar-refractivity contribution in [2.75, 3.05) is 6.54 Å². The van der Waals surface area contributed by atoms with Crippen molar-refractivity contribution in [3.8, 4) is 0 Å². The summed E-state index contributed by atoms with van der Waals surface area (Å²) in [5.41, 5.74) is 0.0571. The Bertz CT molecular complexity index is 551. The van der Waals surface area contributed by atoms with Gasteiger partial charge in [-0.25, -0.2) is 4.79 Å². The van der Waals surface area contributed by atoms with E-state index in [1.807, 2.05) is 20.8 Å². The van der Waals surface area contributed by atoms with E-state index < -0.39 is 10.5 Å². The second kappa shape index (κ2) is 6.29. The summed E-state index contributed by atoms with van der Waals surface area (Å²) in [4.78, 5) is 28.4. The van der Waals surface area contributed by atoms with Crippen molar-refractivity contribution >= 4 is 11.8 Å². The Morgan fingerprint density at radius 2 is 2.14 bits per heavy atom. The predicted octanol–water partition coefficient (Wildman–Crippen LogP) is 3.45. The predicted molar refractivity (Wildman–Crippen MR) is 80.4 cm³/mol. The number of rotatable bonds is 2. The molecule has 7 nitrogen and oxygen atoms in total. The molecule has 0 bridgehead atoms. The van der Waals surface area contributed by atoms with Gasteiger partial charge in [0.15, 0.2) is 0 Å². The van der Waals surface area contributed by atoms with Gasteiger partial charge < -0.3 is 4.74 Å². The average Bonchev–Trinajstić information content (AvgIpc) is 2.45. The molecule has 2 heterocycles. The number of aromatic nitrogens is 1.